The highest BCUT2D eigenvalue weighted by atomic mass is 32.1. The average Bonchev–Trinajstić information content (AvgIpc) is 2.90. The monoisotopic (exact) mass is 297 g/mol. The summed E-state index contributed by atoms with van der Waals surface area (Å²) < 4.78 is 2.33. The van der Waals surface area contributed by atoms with Crippen molar-refractivity contribution in [2.75, 3.05) is 0 Å². The molecular weight excluding hydrogens is 282 g/mol. The Morgan fingerprint density at radius 1 is 1.05 bits per heavy atom. The van der Waals surface area contributed by atoms with Crippen molar-refractivity contribution in [2.24, 2.45) is 0 Å². The molecule has 0 radical (unpaired) electrons. The molecule has 5 heteroatoms. The molecule has 2 aromatic carbocycles. The highest BCUT2D eigenvalue weighted by Crippen LogP contribution is 2.20. The van der Waals surface area contributed by atoms with Crippen molar-refractivity contribution in [3.63, 3.8) is 0 Å². The van der Waals surface area contributed by atoms with Gasteiger partial charge in [0.2, 0.25) is 0 Å². The van der Waals surface area contributed by atoms with E-state index in [2.05, 4.69) is 10.2 Å². The van der Waals surface area contributed by atoms with Gasteiger partial charge in [-0.25, -0.2) is 0 Å². The van der Waals surface area contributed by atoms with E-state index in [1.165, 1.54) is 0 Å². The van der Waals surface area contributed by atoms with Gasteiger partial charge in [-0.2, -0.15) is 5.10 Å². The maximum atomic E-state index is 10.5. The molecule has 3 rings (SSSR count). The standard InChI is InChI=1S/C16H15N3OS/c20-14(13-9-5-2-6-10-13)15-17-18-16(21)19(15)11-12-7-3-1-4-8-12/h1-10,14,20H,11H2,(H,18,21). The summed E-state index contributed by atoms with van der Waals surface area (Å²) in [5.41, 5.74) is 1.90. The zero-order valence-corrected chi connectivity index (χ0v) is 12.1. The summed E-state index contributed by atoms with van der Waals surface area (Å²) >= 11 is 5.27. The van der Waals surface area contributed by atoms with Crippen molar-refractivity contribution >= 4 is 12.2 Å². The number of nitrogens with zero attached hydrogens (tertiary/aromatic N) is 2. The predicted octanol–water partition coefficient (Wildman–Crippen LogP) is 3.07. The average molecular weight is 297 g/mol. The minimum atomic E-state index is -0.803. The molecule has 0 bridgehead atoms. The molecule has 0 spiro atoms. The van der Waals surface area contributed by atoms with E-state index >= 15 is 0 Å². The first-order valence-electron chi connectivity index (χ1n) is 6.68. The summed E-state index contributed by atoms with van der Waals surface area (Å²) in [6, 6.07) is 19.4. The Labute approximate surface area is 127 Å². The van der Waals surface area contributed by atoms with Crippen LogP contribution < -0.4 is 0 Å². The van der Waals surface area contributed by atoms with Crippen LogP contribution in [0.5, 0.6) is 0 Å². The lowest BCUT2D eigenvalue weighted by atomic mass is 10.1. The minimum Gasteiger partial charge on any atom is -0.380 e. The number of hydrogen-bond donors (Lipinski definition) is 2. The van der Waals surface area contributed by atoms with Crippen LogP contribution in [-0.4, -0.2) is 19.9 Å². The van der Waals surface area contributed by atoms with Crippen LogP contribution >= 0.6 is 12.2 Å². The molecule has 0 amide bonds. The van der Waals surface area contributed by atoms with Crippen molar-refractivity contribution in [1.29, 1.82) is 0 Å². The van der Waals surface area contributed by atoms with Gasteiger partial charge in [-0.1, -0.05) is 60.7 Å². The van der Waals surface area contributed by atoms with E-state index in [1.807, 2.05) is 65.2 Å². The number of H-pyrrole nitrogens is 1. The van der Waals surface area contributed by atoms with Gasteiger partial charge in [0.15, 0.2) is 10.6 Å². The van der Waals surface area contributed by atoms with Gasteiger partial charge in [-0.15, -0.1) is 0 Å². The number of hydrogen-bond acceptors (Lipinski definition) is 3. The second kappa shape index (κ2) is 6.03. The van der Waals surface area contributed by atoms with E-state index in [-0.39, 0.29) is 0 Å². The first-order chi connectivity index (χ1) is 10.3. The molecule has 2 N–H and O–H groups in total. The molecule has 21 heavy (non-hydrogen) atoms. The Morgan fingerprint density at radius 3 is 2.33 bits per heavy atom. The van der Waals surface area contributed by atoms with Gasteiger partial charge in [0.1, 0.15) is 6.10 Å². The summed E-state index contributed by atoms with van der Waals surface area (Å²) in [5, 5.41) is 17.5. The third kappa shape index (κ3) is 2.94. The molecule has 0 fully saturated rings. The molecule has 1 unspecified atom stereocenters. The highest BCUT2D eigenvalue weighted by Gasteiger charge is 2.17. The van der Waals surface area contributed by atoms with Gasteiger partial charge < -0.3 is 5.11 Å². The second-order valence-corrected chi connectivity index (χ2v) is 5.16. The normalized spacial score (nSPS) is 12.2. The maximum absolute atomic E-state index is 10.5. The van der Waals surface area contributed by atoms with Crippen molar-refractivity contribution < 1.29 is 5.11 Å². The number of nitrogens with one attached hydrogen (secondary N) is 1. The van der Waals surface area contributed by atoms with Crippen LogP contribution in [0.2, 0.25) is 0 Å². The Morgan fingerprint density at radius 2 is 1.67 bits per heavy atom. The van der Waals surface area contributed by atoms with E-state index in [0.29, 0.717) is 17.1 Å². The molecule has 4 nitrogen and oxygen atoms in total. The van der Waals surface area contributed by atoms with Crippen LogP contribution in [-0.2, 0) is 6.54 Å². The number of aromatic amines is 1. The third-order valence-electron chi connectivity index (χ3n) is 3.33. The zero-order valence-electron chi connectivity index (χ0n) is 11.3. The number of aliphatic hydroxyl groups excluding tert-OH is 1. The van der Waals surface area contributed by atoms with Crippen molar-refractivity contribution in [1.82, 2.24) is 14.8 Å². The largest absolute Gasteiger partial charge is 0.380 e. The van der Waals surface area contributed by atoms with Crippen LogP contribution in [0.1, 0.15) is 23.1 Å². The lowest BCUT2D eigenvalue weighted by Gasteiger charge is -2.12. The van der Waals surface area contributed by atoms with Gasteiger partial charge in [0.05, 0.1) is 6.54 Å². The van der Waals surface area contributed by atoms with E-state index in [4.69, 9.17) is 12.2 Å². The van der Waals surface area contributed by atoms with Crippen molar-refractivity contribution in [3.05, 3.63) is 82.4 Å². The summed E-state index contributed by atoms with van der Waals surface area (Å²) in [4.78, 5) is 0. The molecule has 106 valence electrons. The van der Waals surface area contributed by atoms with Gasteiger partial charge in [0.25, 0.3) is 0 Å². The molecule has 1 aromatic heterocycles. The molecular formula is C16H15N3OS. The van der Waals surface area contributed by atoms with Crippen molar-refractivity contribution in [2.45, 2.75) is 12.6 Å². The molecule has 3 aromatic rings. The van der Waals surface area contributed by atoms with Crippen LogP contribution in [0.4, 0.5) is 0 Å². The van der Waals surface area contributed by atoms with Gasteiger partial charge in [-0.05, 0) is 23.3 Å². The lowest BCUT2D eigenvalue weighted by Crippen LogP contribution is -2.11. The number of aliphatic hydroxyl groups is 1. The Hall–Kier alpha value is -2.24. The van der Waals surface area contributed by atoms with Crippen LogP contribution in [0, 0.1) is 4.77 Å². The molecule has 0 saturated heterocycles. The van der Waals surface area contributed by atoms with E-state index in [9.17, 15) is 5.11 Å². The summed E-state index contributed by atoms with van der Waals surface area (Å²) in [6.07, 6.45) is -0.803. The third-order valence-corrected chi connectivity index (χ3v) is 3.64. The lowest BCUT2D eigenvalue weighted by molar-refractivity contribution is 0.204. The molecule has 0 saturated carbocycles. The quantitative estimate of drug-likeness (QED) is 0.728. The minimum absolute atomic E-state index is 0.504. The number of aromatic nitrogens is 3. The highest BCUT2D eigenvalue weighted by molar-refractivity contribution is 7.71. The fourth-order valence-corrected chi connectivity index (χ4v) is 2.45. The summed E-state index contributed by atoms with van der Waals surface area (Å²) in [6.45, 7) is 0.579. The fraction of sp³-hybridized carbons (Fsp3) is 0.125. The smallest absolute Gasteiger partial charge is 0.195 e. The second-order valence-electron chi connectivity index (χ2n) is 4.77. The van der Waals surface area contributed by atoms with Crippen LogP contribution in [0.15, 0.2) is 60.7 Å². The van der Waals surface area contributed by atoms with Gasteiger partial charge in [0, 0.05) is 0 Å². The van der Waals surface area contributed by atoms with Gasteiger partial charge >= 0.3 is 0 Å². The Bertz CT molecular complexity index is 765. The van der Waals surface area contributed by atoms with Crippen LogP contribution in [0.25, 0.3) is 0 Å². The van der Waals surface area contributed by atoms with Crippen LogP contribution in [0.3, 0.4) is 0 Å². The Balaban J connectivity index is 1.96. The molecule has 0 aliphatic rings. The summed E-state index contributed by atoms with van der Waals surface area (Å²) in [7, 11) is 0. The van der Waals surface area contributed by atoms with Gasteiger partial charge in [-0.3, -0.25) is 9.67 Å². The van der Waals surface area contributed by atoms with E-state index < -0.39 is 6.10 Å². The number of benzene rings is 2. The van der Waals surface area contributed by atoms with E-state index in [0.717, 1.165) is 11.1 Å². The zero-order chi connectivity index (χ0) is 14.7. The first-order valence-corrected chi connectivity index (χ1v) is 7.08. The number of rotatable bonds is 4. The SMILES string of the molecule is OC(c1ccccc1)c1n[nH]c(=S)n1Cc1ccccc1. The molecule has 0 aliphatic heterocycles. The van der Waals surface area contributed by atoms with Crippen molar-refractivity contribution in [3.8, 4) is 0 Å². The maximum Gasteiger partial charge on any atom is 0.195 e. The molecule has 1 heterocycles. The first kappa shape index (κ1) is 13.7. The fourth-order valence-electron chi connectivity index (χ4n) is 2.24. The topological polar surface area (TPSA) is 53.8 Å². The molecule has 0 aliphatic carbocycles. The Kier molecular flexibility index (Phi) is 3.94. The summed E-state index contributed by atoms with van der Waals surface area (Å²) in [5.74, 6) is 0.523. The van der Waals surface area contributed by atoms with E-state index in [1.54, 1.807) is 0 Å². The molecule has 1 atom stereocenters. The predicted molar refractivity (Wildman–Crippen MR) is 83.5 cm³/mol.